The molecule has 2 aliphatic rings. The van der Waals surface area contributed by atoms with Crippen molar-refractivity contribution in [2.75, 3.05) is 25.4 Å². The summed E-state index contributed by atoms with van der Waals surface area (Å²) in [6.07, 6.45) is 5.36. The predicted molar refractivity (Wildman–Crippen MR) is 94.2 cm³/mol. The molecule has 3 rings (SSSR count). The number of nitrogens with two attached hydrogens (primary N) is 1. The largest absolute Gasteiger partial charge is 0.399 e. The van der Waals surface area contributed by atoms with Gasteiger partial charge in [-0.15, -0.1) is 0 Å². The summed E-state index contributed by atoms with van der Waals surface area (Å²) in [5.74, 6) is 0.875. The van der Waals surface area contributed by atoms with Crippen LogP contribution >= 0.6 is 0 Å². The van der Waals surface area contributed by atoms with E-state index in [1.807, 2.05) is 29.2 Å². The molecule has 1 aromatic rings. The Bertz CT molecular complexity index is 598. The molecule has 0 aromatic heterocycles. The molecule has 0 radical (unpaired) electrons. The van der Waals surface area contributed by atoms with Crippen LogP contribution in [-0.4, -0.2) is 36.3 Å². The van der Waals surface area contributed by atoms with E-state index in [1.54, 1.807) is 0 Å². The van der Waals surface area contributed by atoms with Crippen molar-refractivity contribution < 1.29 is 9.59 Å². The fourth-order valence-electron chi connectivity index (χ4n) is 3.29. The molecule has 1 saturated carbocycles. The number of piperidine rings is 1. The van der Waals surface area contributed by atoms with Crippen molar-refractivity contribution in [1.82, 2.24) is 10.2 Å². The number of aryl methyl sites for hydroxylation is 1. The molecular formula is C19H27N3O2. The van der Waals surface area contributed by atoms with E-state index in [4.69, 9.17) is 5.73 Å². The second-order valence-electron chi connectivity index (χ2n) is 7.07. The van der Waals surface area contributed by atoms with E-state index in [0.29, 0.717) is 25.3 Å². The summed E-state index contributed by atoms with van der Waals surface area (Å²) in [5, 5.41) is 3.05. The van der Waals surface area contributed by atoms with Crippen LogP contribution in [0.4, 0.5) is 5.69 Å². The summed E-state index contributed by atoms with van der Waals surface area (Å²) in [6.45, 7) is 2.12. The Morgan fingerprint density at radius 1 is 1.21 bits per heavy atom. The first kappa shape index (κ1) is 16.8. The summed E-state index contributed by atoms with van der Waals surface area (Å²) in [7, 11) is 0. The van der Waals surface area contributed by atoms with Crippen LogP contribution in [0.2, 0.25) is 0 Å². The van der Waals surface area contributed by atoms with Crippen LogP contribution < -0.4 is 11.1 Å². The molecule has 130 valence electrons. The number of amides is 2. The van der Waals surface area contributed by atoms with Gasteiger partial charge in [0.1, 0.15) is 0 Å². The second kappa shape index (κ2) is 7.69. The molecule has 5 nitrogen and oxygen atoms in total. The molecule has 1 aliphatic heterocycles. The molecule has 0 bridgehead atoms. The lowest BCUT2D eigenvalue weighted by Gasteiger charge is -2.32. The molecule has 0 spiro atoms. The van der Waals surface area contributed by atoms with Crippen molar-refractivity contribution in [3.05, 3.63) is 29.8 Å². The molecule has 5 heteroatoms. The Morgan fingerprint density at radius 3 is 2.75 bits per heavy atom. The van der Waals surface area contributed by atoms with Gasteiger partial charge in [0.2, 0.25) is 11.8 Å². The number of nitrogens with zero attached hydrogens (tertiary/aromatic N) is 1. The van der Waals surface area contributed by atoms with E-state index in [-0.39, 0.29) is 17.7 Å². The number of anilines is 1. The maximum atomic E-state index is 12.5. The van der Waals surface area contributed by atoms with Gasteiger partial charge in [-0.1, -0.05) is 18.2 Å². The van der Waals surface area contributed by atoms with Gasteiger partial charge in [-0.3, -0.25) is 9.59 Å². The third-order valence-electron chi connectivity index (χ3n) is 5.07. The Morgan fingerprint density at radius 2 is 2.00 bits per heavy atom. The van der Waals surface area contributed by atoms with Crippen LogP contribution in [-0.2, 0) is 16.0 Å². The standard InChI is InChI=1S/C19H27N3O2/c20-17-6-2-1-4-15(17)9-10-18(23)22-11-3-5-16(13-22)19(24)21-12-14-7-8-14/h1-2,4,6,14,16H,3,5,7-13,20H2,(H,21,24). The lowest BCUT2D eigenvalue weighted by molar-refractivity contribution is -0.135. The zero-order chi connectivity index (χ0) is 16.9. The van der Waals surface area contributed by atoms with Gasteiger partial charge in [0, 0.05) is 31.7 Å². The summed E-state index contributed by atoms with van der Waals surface area (Å²) >= 11 is 0. The smallest absolute Gasteiger partial charge is 0.224 e. The lowest BCUT2D eigenvalue weighted by atomic mass is 9.96. The molecular weight excluding hydrogens is 302 g/mol. The van der Waals surface area contributed by atoms with E-state index in [1.165, 1.54) is 12.8 Å². The van der Waals surface area contributed by atoms with E-state index in [9.17, 15) is 9.59 Å². The van der Waals surface area contributed by atoms with Crippen molar-refractivity contribution in [1.29, 1.82) is 0 Å². The molecule has 3 N–H and O–H groups in total. The SMILES string of the molecule is Nc1ccccc1CCC(=O)N1CCCC(C(=O)NCC2CC2)C1. The number of nitrogens with one attached hydrogen (secondary N) is 1. The van der Waals surface area contributed by atoms with E-state index in [0.717, 1.165) is 37.2 Å². The monoisotopic (exact) mass is 329 g/mol. The van der Waals surface area contributed by atoms with Gasteiger partial charge in [-0.05, 0) is 49.7 Å². The normalized spacial score (nSPS) is 20.7. The summed E-state index contributed by atoms with van der Waals surface area (Å²) in [5.41, 5.74) is 7.68. The van der Waals surface area contributed by atoms with E-state index in [2.05, 4.69) is 5.32 Å². The highest BCUT2D eigenvalue weighted by atomic mass is 16.2. The van der Waals surface area contributed by atoms with Crippen molar-refractivity contribution in [3.63, 3.8) is 0 Å². The number of likely N-dealkylation sites (tertiary alicyclic amines) is 1. The molecule has 1 aliphatic carbocycles. The number of rotatable bonds is 6. The number of carbonyl (C=O) groups excluding carboxylic acids is 2. The summed E-state index contributed by atoms with van der Waals surface area (Å²) in [6, 6.07) is 7.67. The van der Waals surface area contributed by atoms with Crippen LogP contribution in [0.3, 0.4) is 0 Å². The number of carbonyl (C=O) groups is 2. The zero-order valence-electron chi connectivity index (χ0n) is 14.2. The molecule has 1 atom stereocenters. The molecule has 24 heavy (non-hydrogen) atoms. The number of hydrogen-bond donors (Lipinski definition) is 2. The fraction of sp³-hybridized carbons (Fsp3) is 0.579. The highest BCUT2D eigenvalue weighted by Crippen LogP contribution is 2.28. The third kappa shape index (κ3) is 4.49. The van der Waals surface area contributed by atoms with Crippen LogP contribution in [0.1, 0.15) is 37.7 Å². The van der Waals surface area contributed by atoms with Crippen molar-refractivity contribution in [3.8, 4) is 0 Å². The first-order chi connectivity index (χ1) is 11.6. The van der Waals surface area contributed by atoms with Crippen LogP contribution in [0.25, 0.3) is 0 Å². The maximum absolute atomic E-state index is 12.5. The Hall–Kier alpha value is -2.04. The van der Waals surface area contributed by atoms with Crippen molar-refractivity contribution in [2.24, 2.45) is 11.8 Å². The van der Waals surface area contributed by atoms with Crippen LogP contribution in [0.5, 0.6) is 0 Å². The highest BCUT2D eigenvalue weighted by Gasteiger charge is 2.29. The average molecular weight is 329 g/mol. The average Bonchev–Trinajstić information content (AvgIpc) is 3.43. The van der Waals surface area contributed by atoms with Gasteiger partial charge in [-0.2, -0.15) is 0 Å². The van der Waals surface area contributed by atoms with E-state index >= 15 is 0 Å². The predicted octanol–water partition coefficient (Wildman–Crippen LogP) is 1.97. The van der Waals surface area contributed by atoms with Gasteiger partial charge < -0.3 is 16.0 Å². The summed E-state index contributed by atoms with van der Waals surface area (Å²) < 4.78 is 0. The Balaban J connectivity index is 1.47. The second-order valence-corrected chi connectivity index (χ2v) is 7.07. The number of benzene rings is 1. The van der Waals surface area contributed by atoms with Crippen molar-refractivity contribution >= 4 is 17.5 Å². The van der Waals surface area contributed by atoms with Gasteiger partial charge in [0.05, 0.1) is 5.92 Å². The number of para-hydroxylation sites is 1. The minimum atomic E-state index is -0.0526. The van der Waals surface area contributed by atoms with Gasteiger partial charge >= 0.3 is 0 Å². The molecule has 2 amide bonds. The van der Waals surface area contributed by atoms with Crippen molar-refractivity contribution in [2.45, 2.75) is 38.5 Å². The minimum absolute atomic E-state index is 0.0526. The minimum Gasteiger partial charge on any atom is -0.399 e. The fourth-order valence-corrected chi connectivity index (χ4v) is 3.29. The molecule has 1 saturated heterocycles. The summed E-state index contributed by atoms with van der Waals surface area (Å²) in [4.78, 5) is 26.6. The van der Waals surface area contributed by atoms with Gasteiger partial charge in [-0.25, -0.2) is 0 Å². The third-order valence-corrected chi connectivity index (χ3v) is 5.07. The van der Waals surface area contributed by atoms with Gasteiger partial charge in [0.25, 0.3) is 0 Å². The lowest BCUT2D eigenvalue weighted by Crippen LogP contribution is -2.45. The first-order valence-electron chi connectivity index (χ1n) is 9.02. The Labute approximate surface area is 143 Å². The topological polar surface area (TPSA) is 75.4 Å². The zero-order valence-corrected chi connectivity index (χ0v) is 14.2. The van der Waals surface area contributed by atoms with Crippen LogP contribution in [0.15, 0.2) is 24.3 Å². The van der Waals surface area contributed by atoms with Crippen LogP contribution in [0, 0.1) is 11.8 Å². The molecule has 2 fully saturated rings. The Kier molecular flexibility index (Phi) is 5.38. The number of hydrogen-bond acceptors (Lipinski definition) is 3. The van der Waals surface area contributed by atoms with E-state index < -0.39 is 0 Å². The maximum Gasteiger partial charge on any atom is 0.224 e. The highest BCUT2D eigenvalue weighted by molar-refractivity contribution is 5.81. The first-order valence-corrected chi connectivity index (χ1v) is 9.02. The molecule has 1 heterocycles. The number of nitrogen functional groups attached to an aromatic ring is 1. The quantitative estimate of drug-likeness (QED) is 0.784. The molecule has 1 aromatic carbocycles. The molecule has 1 unspecified atom stereocenters. The van der Waals surface area contributed by atoms with Gasteiger partial charge in [0.15, 0.2) is 0 Å².